The first kappa shape index (κ1) is 21.0. The first-order valence-electron chi connectivity index (χ1n) is 12.5. The molecule has 6 nitrogen and oxygen atoms in total. The van der Waals surface area contributed by atoms with Gasteiger partial charge in [-0.15, -0.1) is 0 Å². The van der Waals surface area contributed by atoms with Gasteiger partial charge in [0, 0.05) is 29.8 Å². The highest BCUT2D eigenvalue weighted by atomic mass is 16.5. The van der Waals surface area contributed by atoms with Crippen LogP contribution in [-0.4, -0.2) is 31.1 Å². The lowest BCUT2D eigenvalue weighted by Crippen LogP contribution is -2.48. The topological polar surface area (TPSA) is 80.6 Å². The molecule has 1 aromatic heterocycles. The molecule has 1 atom stereocenters. The molecule has 5 fully saturated rings. The molecule has 2 aromatic rings. The monoisotopic (exact) mass is 448 g/mol. The predicted octanol–water partition coefficient (Wildman–Crippen LogP) is 4.91. The fourth-order valence-electron chi connectivity index (χ4n) is 7.17. The molecule has 6 heteroatoms. The summed E-state index contributed by atoms with van der Waals surface area (Å²) in [5, 5.41) is 5.82. The van der Waals surface area contributed by atoms with Gasteiger partial charge in [-0.05, 0) is 106 Å². The van der Waals surface area contributed by atoms with Crippen molar-refractivity contribution in [1.82, 2.24) is 5.32 Å². The fourth-order valence-corrected chi connectivity index (χ4v) is 7.17. The van der Waals surface area contributed by atoms with Gasteiger partial charge in [0.2, 0.25) is 0 Å². The van der Waals surface area contributed by atoms with E-state index in [9.17, 15) is 9.59 Å². The second kappa shape index (κ2) is 8.32. The summed E-state index contributed by atoms with van der Waals surface area (Å²) in [4.78, 5) is 25.2. The van der Waals surface area contributed by atoms with Gasteiger partial charge in [-0.2, -0.15) is 0 Å². The Bertz CT molecular complexity index is 999. The van der Waals surface area contributed by atoms with Crippen molar-refractivity contribution < 1.29 is 18.7 Å². The van der Waals surface area contributed by atoms with E-state index < -0.39 is 0 Å². The Morgan fingerprint density at radius 3 is 2.24 bits per heavy atom. The van der Waals surface area contributed by atoms with Crippen LogP contribution in [0.1, 0.15) is 78.0 Å². The van der Waals surface area contributed by atoms with Crippen LogP contribution in [0, 0.1) is 17.8 Å². The molecule has 7 rings (SSSR count). The molecule has 0 radical (unpaired) electrons. The van der Waals surface area contributed by atoms with E-state index in [1.165, 1.54) is 38.5 Å². The zero-order chi connectivity index (χ0) is 22.4. The summed E-state index contributed by atoms with van der Waals surface area (Å²) in [6.45, 7) is 1.30. The number of furan rings is 1. The maximum atomic E-state index is 12.8. The maximum Gasteiger partial charge on any atom is 0.291 e. The average molecular weight is 449 g/mol. The summed E-state index contributed by atoms with van der Waals surface area (Å²) in [6.07, 6.45) is 9.94. The van der Waals surface area contributed by atoms with Gasteiger partial charge in [0.1, 0.15) is 5.76 Å². The van der Waals surface area contributed by atoms with Gasteiger partial charge in [-0.1, -0.05) is 0 Å². The number of ether oxygens (including phenoxy) is 1. The molecule has 33 heavy (non-hydrogen) atoms. The third-order valence-electron chi connectivity index (χ3n) is 8.31. The lowest BCUT2D eigenvalue weighted by molar-refractivity contribution is -0.0154. The highest BCUT2D eigenvalue weighted by molar-refractivity contribution is 6.02. The lowest BCUT2D eigenvalue weighted by atomic mass is 9.49. The van der Waals surface area contributed by atoms with Crippen molar-refractivity contribution in [2.24, 2.45) is 17.8 Å². The standard InChI is InChI=1S/C27H32N2O4/c30-25(28-16-22-2-1-9-32-22)20-3-5-21(6-4-20)29-26(31)23-7-8-24(33-23)27-13-17-10-18(14-27)12-19(11-17)15-27/h3-8,17-19,22H,1-2,9-16H2,(H,28,30)(H,29,31)/t17?,18?,19?,22-,27?/m0/s1. The van der Waals surface area contributed by atoms with E-state index >= 15 is 0 Å². The van der Waals surface area contributed by atoms with E-state index in [-0.39, 0.29) is 23.3 Å². The zero-order valence-corrected chi connectivity index (χ0v) is 19.0. The van der Waals surface area contributed by atoms with Gasteiger partial charge in [0.25, 0.3) is 11.8 Å². The SMILES string of the molecule is O=C(NC[C@@H]1CCCO1)c1ccc(NC(=O)c2ccc(C34CC5CC(CC(C5)C3)C4)o2)cc1. The number of rotatable bonds is 6. The van der Waals surface area contributed by atoms with E-state index in [2.05, 4.69) is 10.6 Å². The van der Waals surface area contributed by atoms with Gasteiger partial charge in [-0.3, -0.25) is 9.59 Å². The normalized spacial score (nSPS) is 32.1. The van der Waals surface area contributed by atoms with Crippen LogP contribution in [0.4, 0.5) is 5.69 Å². The Morgan fingerprint density at radius 1 is 0.909 bits per heavy atom. The van der Waals surface area contributed by atoms with Crippen molar-refractivity contribution in [2.45, 2.75) is 62.9 Å². The molecule has 1 aliphatic heterocycles. The van der Waals surface area contributed by atoms with E-state index in [0.29, 0.717) is 23.6 Å². The quantitative estimate of drug-likeness (QED) is 0.658. The molecular formula is C27H32N2O4. The van der Waals surface area contributed by atoms with Crippen LogP contribution in [0.25, 0.3) is 0 Å². The molecule has 4 aliphatic carbocycles. The number of hydrogen-bond acceptors (Lipinski definition) is 4. The number of amides is 2. The van der Waals surface area contributed by atoms with Crippen LogP contribution in [0.15, 0.2) is 40.8 Å². The molecule has 1 aromatic carbocycles. The van der Waals surface area contributed by atoms with Gasteiger partial charge < -0.3 is 19.8 Å². The summed E-state index contributed by atoms with van der Waals surface area (Å²) in [5.74, 6) is 3.49. The molecule has 2 N–H and O–H groups in total. The van der Waals surface area contributed by atoms with E-state index in [1.807, 2.05) is 12.1 Å². The largest absolute Gasteiger partial charge is 0.455 e. The Morgan fingerprint density at radius 2 is 1.61 bits per heavy atom. The van der Waals surface area contributed by atoms with Crippen molar-refractivity contribution in [2.75, 3.05) is 18.5 Å². The molecule has 2 heterocycles. The predicted molar refractivity (Wildman–Crippen MR) is 124 cm³/mol. The maximum absolute atomic E-state index is 12.8. The first-order valence-corrected chi connectivity index (χ1v) is 12.5. The second-order valence-electron chi connectivity index (χ2n) is 10.7. The summed E-state index contributed by atoms with van der Waals surface area (Å²) in [6, 6.07) is 10.8. The molecule has 2 amide bonds. The minimum absolute atomic E-state index is 0.115. The highest BCUT2D eigenvalue weighted by Crippen LogP contribution is 2.60. The van der Waals surface area contributed by atoms with Crippen molar-refractivity contribution >= 4 is 17.5 Å². The minimum atomic E-state index is -0.249. The van der Waals surface area contributed by atoms with E-state index in [0.717, 1.165) is 43.0 Å². The minimum Gasteiger partial charge on any atom is -0.455 e. The Labute approximate surface area is 194 Å². The molecular weight excluding hydrogens is 416 g/mol. The van der Waals surface area contributed by atoms with Crippen molar-refractivity contribution in [3.8, 4) is 0 Å². The number of anilines is 1. The lowest BCUT2D eigenvalue weighted by Gasteiger charge is -2.55. The molecule has 0 unspecified atom stereocenters. The van der Waals surface area contributed by atoms with Gasteiger partial charge in [0.15, 0.2) is 5.76 Å². The summed E-state index contributed by atoms with van der Waals surface area (Å²) in [5.41, 5.74) is 1.35. The van der Waals surface area contributed by atoms with Crippen molar-refractivity contribution in [3.63, 3.8) is 0 Å². The molecule has 1 saturated heterocycles. The van der Waals surface area contributed by atoms with Gasteiger partial charge in [-0.25, -0.2) is 0 Å². The van der Waals surface area contributed by atoms with E-state index in [1.54, 1.807) is 24.3 Å². The van der Waals surface area contributed by atoms with Crippen LogP contribution in [0.5, 0.6) is 0 Å². The number of nitrogens with one attached hydrogen (secondary N) is 2. The molecule has 5 aliphatic rings. The molecule has 4 saturated carbocycles. The van der Waals surface area contributed by atoms with Crippen LogP contribution >= 0.6 is 0 Å². The van der Waals surface area contributed by atoms with Crippen LogP contribution < -0.4 is 10.6 Å². The number of hydrogen-bond donors (Lipinski definition) is 2. The molecule has 0 spiro atoms. The third-order valence-corrected chi connectivity index (χ3v) is 8.31. The highest BCUT2D eigenvalue weighted by Gasteiger charge is 2.53. The average Bonchev–Trinajstić information content (AvgIpc) is 3.50. The summed E-state index contributed by atoms with van der Waals surface area (Å²) >= 11 is 0. The molecule has 4 bridgehead atoms. The van der Waals surface area contributed by atoms with Crippen molar-refractivity contribution in [3.05, 3.63) is 53.5 Å². The fraction of sp³-hybridized carbons (Fsp3) is 0.556. The molecule has 174 valence electrons. The first-order chi connectivity index (χ1) is 16.1. The summed E-state index contributed by atoms with van der Waals surface area (Å²) in [7, 11) is 0. The van der Waals surface area contributed by atoms with E-state index in [4.69, 9.17) is 9.15 Å². The Kier molecular flexibility index (Phi) is 5.28. The van der Waals surface area contributed by atoms with Crippen molar-refractivity contribution in [1.29, 1.82) is 0 Å². The van der Waals surface area contributed by atoms with Gasteiger partial charge in [0.05, 0.1) is 6.10 Å². The number of carbonyl (C=O) groups excluding carboxylic acids is 2. The Hall–Kier alpha value is -2.60. The summed E-state index contributed by atoms with van der Waals surface area (Å²) < 4.78 is 11.7. The van der Waals surface area contributed by atoms with Crippen LogP contribution in [-0.2, 0) is 10.2 Å². The zero-order valence-electron chi connectivity index (χ0n) is 19.0. The Balaban J connectivity index is 1.08. The second-order valence-corrected chi connectivity index (χ2v) is 10.7. The van der Waals surface area contributed by atoms with Gasteiger partial charge >= 0.3 is 0 Å². The third kappa shape index (κ3) is 4.10. The number of benzene rings is 1. The van der Waals surface area contributed by atoms with Crippen LogP contribution in [0.3, 0.4) is 0 Å². The number of carbonyl (C=O) groups is 2. The van der Waals surface area contributed by atoms with Crippen LogP contribution in [0.2, 0.25) is 0 Å². The smallest absolute Gasteiger partial charge is 0.291 e.